The number of nitrogens with zero attached hydrogens (tertiary/aromatic N) is 3. The highest BCUT2D eigenvalue weighted by molar-refractivity contribution is 5.94. The molecule has 0 radical (unpaired) electrons. The highest BCUT2D eigenvalue weighted by Gasteiger charge is 2.11. The van der Waals surface area contributed by atoms with Crippen molar-refractivity contribution in [2.45, 2.75) is 13.0 Å². The molecule has 0 fully saturated rings. The van der Waals surface area contributed by atoms with Crippen molar-refractivity contribution in [3.63, 3.8) is 0 Å². The van der Waals surface area contributed by atoms with Crippen molar-refractivity contribution in [3.05, 3.63) is 42.2 Å². The van der Waals surface area contributed by atoms with E-state index in [1.807, 2.05) is 0 Å². The Morgan fingerprint density at radius 3 is 2.95 bits per heavy atom. The second-order valence-corrected chi connectivity index (χ2v) is 4.07. The van der Waals surface area contributed by atoms with Crippen LogP contribution in [0, 0.1) is 5.82 Å². The van der Waals surface area contributed by atoms with Crippen LogP contribution in [0.3, 0.4) is 0 Å². The molecule has 1 aromatic heterocycles. The third-order valence-electron chi connectivity index (χ3n) is 2.43. The molecule has 0 aliphatic rings. The molecule has 1 atom stereocenters. The predicted molar refractivity (Wildman–Crippen MR) is 65.3 cm³/mol. The van der Waals surface area contributed by atoms with E-state index in [0.717, 1.165) is 6.07 Å². The van der Waals surface area contributed by atoms with Gasteiger partial charge in [0.15, 0.2) is 0 Å². The summed E-state index contributed by atoms with van der Waals surface area (Å²) >= 11 is 0. The zero-order chi connectivity index (χ0) is 13.8. The molecule has 0 saturated heterocycles. The van der Waals surface area contributed by atoms with Gasteiger partial charge in [-0.2, -0.15) is 5.10 Å². The van der Waals surface area contributed by atoms with Gasteiger partial charge in [-0.1, -0.05) is 0 Å². The summed E-state index contributed by atoms with van der Waals surface area (Å²) in [6.07, 6.45) is 2.01. The molecule has 2 N–H and O–H groups in total. The van der Waals surface area contributed by atoms with Gasteiger partial charge in [-0.25, -0.2) is 14.1 Å². The Kier molecular flexibility index (Phi) is 3.86. The second-order valence-electron chi connectivity index (χ2n) is 4.07. The molecule has 0 aliphatic heterocycles. The molecule has 0 spiro atoms. The summed E-state index contributed by atoms with van der Waals surface area (Å²) in [4.78, 5) is 15.4. The Hall–Kier alpha value is -2.28. The number of halogens is 1. The highest BCUT2D eigenvalue weighted by atomic mass is 19.1. The quantitative estimate of drug-likeness (QED) is 0.843. The normalized spacial score (nSPS) is 12.2. The van der Waals surface area contributed by atoms with Crippen LogP contribution in [-0.2, 0) is 0 Å². The van der Waals surface area contributed by atoms with Crippen LogP contribution in [0.4, 0.5) is 4.39 Å². The SMILES string of the molecule is CC(O)CNC(=O)c1ccc(-n2cncn2)c(F)c1. The molecule has 1 aromatic carbocycles. The van der Waals surface area contributed by atoms with Gasteiger partial charge in [0.1, 0.15) is 24.2 Å². The summed E-state index contributed by atoms with van der Waals surface area (Å²) in [5, 5.41) is 15.4. The van der Waals surface area contributed by atoms with E-state index in [-0.39, 0.29) is 17.8 Å². The van der Waals surface area contributed by atoms with Crippen molar-refractivity contribution in [1.29, 1.82) is 0 Å². The number of aromatic nitrogens is 3. The minimum Gasteiger partial charge on any atom is -0.392 e. The maximum atomic E-state index is 13.9. The number of carbonyl (C=O) groups is 1. The van der Waals surface area contributed by atoms with Gasteiger partial charge in [-0.3, -0.25) is 4.79 Å². The number of nitrogens with one attached hydrogen (secondary N) is 1. The smallest absolute Gasteiger partial charge is 0.251 e. The minimum atomic E-state index is -0.650. The number of carbonyl (C=O) groups excluding carboxylic acids is 1. The van der Waals surface area contributed by atoms with Gasteiger partial charge < -0.3 is 10.4 Å². The van der Waals surface area contributed by atoms with Gasteiger partial charge in [0, 0.05) is 12.1 Å². The predicted octanol–water partition coefficient (Wildman–Crippen LogP) is 0.517. The number of rotatable bonds is 4. The van der Waals surface area contributed by atoms with Gasteiger partial charge in [-0.05, 0) is 25.1 Å². The van der Waals surface area contributed by atoms with Crippen molar-refractivity contribution in [2.24, 2.45) is 0 Å². The zero-order valence-electron chi connectivity index (χ0n) is 10.2. The van der Waals surface area contributed by atoms with E-state index in [4.69, 9.17) is 5.11 Å². The van der Waals surface area contributed by atoms with E-state index in [1.165, 1.54) is 29.5 Å². The number of hydrogen-bond donors (Lipinski definition) is 2. The minimum absolute atomic E-state index is 0.116. The first-order chi connectivity index (χ1) is 9.08. The monoisotopic (exact) mass is 264 g/mol. The molecule has 0 saturated carbocycles. The molecule has 0 aliphatic carbocycles. The number of amides is 1. The van der Waals surface area contributed by atoms with E-state index in [1.54, 1.807) is 6.92 Å². The maximum Gasteiger partial charge on any atom is 0.251 e. The third kappa shape index (κ3) is 3.14. The lowest BCUT2D eigenvalue weighted by molar-refractivity contribution is 0.0923. The van der Waals surface area contributed by atoms with Crippen LogP contribution < -0.4 is 5.32 Å². The van der Waals surface area contributed by atoms with Crippen LogP contribution in [-0.4, -0.2) is 38.4 Å². The molecular weight excluding hydrogens is 251 g/mol. The maximum absolute atomic E-state index is 13.9. The fraction of sp³-hybridized carbons (Fsp3) is 0.250. The third-order valence-corrected chi connectivity index (χ3v) is 2.43. The van der Waals surface area contributed by atoms with Crippen molar-refractivity contribution in [1.82, 2.24) is 20.1 Å². The van der Waals surface area contributed by atoms with Crippen molar-refractivity contribution >= 4 is 5.91 Å². The number of hydrogen-bond acceptors (Lipinski definition) is 4. The first-order valence-corrected chi connectivity index (χ1v) is 5.68. The van der Waals surface area contributed by atoms with Crippen molar-refractivity contribution < 1.29 is 14.3 Å². The van der Waals surface area contributed by atoms with Crippen LogP contribution in [0.5, 0.6) is 0 Å². The van der Waals surface area contributed by atoms with Crippen LogP contribution in [0.1, 0.15) is 17.3 Å². The number of aliphatic hydroxyl groups excluding tert-OH is 1. The van der Waals surface area contributed by atoms with E-state index in [9.17, 15) is 9.18 Å². The molecule has 2 rings (SSSR count). The standard InChI is InChI=1S/C12H13FN4O2/c1-8(18)5-15-12(19)9-2-3-11(10(13)4-9)17-7-14-6-16-17/h2-4,6-8,18H,5H2,1H3,(H,15,19). The van der Waals surface area contributed by atoms with Crippen molar-refractivity contribution in [2.75, 3.05) is 6.54 Å². The number of benzene rings is 1. The van der Waals surface area contributed by atoms with Crippen LogP contribution in [0.25, 0.3) is 5.69 Å². The fourth-order valence-corrected chi connectivity index (χ4v) is 1.51. The zero-order valence-corrected chi connectivity index (χ0v) is 10.2. The fourth-order valence-electron chi connectivity index (χ4n) is 1.51. The van der Waals surface area contributed by atoms with Gasteiger partial charge >= 0.3 is 0 Å². The molecule has 100 valence electrons. The first-order valence-electron chi connectivity index (χ1n) is 5.68. The lowest BCUT2D eigenvalue weighted by atomic mass is 10.2. The van der Waals surface area contributed by atoms with Gasteiger partial charge in [0.25, 0.3) is 5.91 Å². The second kappa shape index (κ2) is 5.57. The van der Waals surface area contributed by atoms with Gasteiger partial charge in [0.2, 0.25) is 0 Å². The van der Waals surface area contributed by atoms with E-state index in [2.05, 4.69) is 15.4 Å². The average molecular weight is 264 g/mol. The summed E-state index contributed by atoms with van der Waals surface area (Å²) < 4.78 is 15.1. The summed E-state index contributed by atoms with van der Waals surface area (Å²) in [7, 11) is 0. The summed E-state index contributed by atoms with van der Waals surface area (Å²) in [6.45, 7) is 1.67. The Morgan fingerprint density at radius 1 is 1.58 bits per heavy atom. The molecule has 7 heteroatoms. The molecule has 2 aromatic rings. The molecule has 1 heterocycles. The van der Waals surface area contributed by atoms with Crippen LogP contribution in [0.15, 0.2) is 30.9 Å². The average Bonchev–Trinajstić information content (AvgIpc) is 2.89. The van der Waals surface area contributed by atoms with Crippen LogP contribution >= 0.6 is 0 Å². The van der Waals surface area contributed by atoms with E-state index >= 15 is 0 Å². The lowest BCUT2D eigenvalue weighted by Crippen LogP contribution is -2.30. The highest BCUT2D eigenvalue weighted by Crippen LogP contribution is 2.13. The topological polar surface area (TPSA) is 80.0 Å². The Morgan fingerprint density at radius 2 is 2.37 bits per heavy atom. The van der Waals surface area contributed by atoms with Crippen LogP contribution in [0.2, 0.25) is 0 Å². The Balaban J connectivity index is 2.17. The molecule has 1 unspecified atom stereocenters. The molecule has 0 bridgehead atoms. The summed E-state index contributed by atoms with van der Waals surface area (Å²) in [5.41, 5.74) is 0.395. The van der Waals surface area contributed by atoms with Gasteiger partial charge in [-0.15, -0.1) is 0 Å². The molecule has 19 heavy (non-hydrogen) atoms. The first kappa shape index (κ1) is 13.2. The van der Waals surface area contributed by atoms with E-state index < -0.39 is 17.8 Å². The lowest BCUT2D eigenvalue weighted by Gasteiger charge is -2.08. The summed E-state index contributed by atoms with van der Waals surface area (Å²) in [6, 6.07) is 4.05. The summed E-state index contributed by atoms with van der Waals surface area (Å²) in [5.74, 6) is -1.01. The Labute approximate surface area is 108 Å². The van der Waals surface area contributed by atoms with Gasteiger partial charge in [0.05, 0.1) is 6.10 Å². The largest absolute Gasteiger partial charge is 0.392 e. The number of aliphatic hydroxyl groups is 1. The molecule has 1 amide bonds. The Bertz CT molecular complexity index is 569. The molecule has 6 nitrogen and oxygen atoms in total. The molecular formula is C12H13FN4O2. The van der Waals surface area contributed by atoms with Crippen molar-refractivity contribution in [3.8, 4) is 5.69 Å². The van der Waals surface area contributed by atoms with E-state index in [0.29, 0.717) is 0 Å².